The molecule has 2 N–H and O–H groups in total. The van der Waals surface area contributed by atoms with Crippen LogP contribution in [0.1, 0.15) is 40.2 Å². The van der Waals surface area contributed by atoms with Gasteiger partial charge in [0.1, 0.15) is 11.4 Å². The van der Waals surface area contributed by atoms with Gasteiger partial charge in [-0.2, -0.15) is 0 Å². The van der Waals surface area contributed by atoms with Gasteiger partial charge in [-0.25, -0.2) is 4.98 Å². The Balaban J connectivity index is 2.38. The summed E-state index contributed by atoms with van der Waals surface area (Å²) < 4.78 is 0. The summed E-state index contributed by atoms with van der Waals surface area (Å²) in [5.41, 5.74) is 1.43. The third-order valence-electron chi connectivity index (χ3n) is 3.45. The van der Waals surface area contributed by atoms with Crippen LogP contribution in [-0.4, -0.2) is 44.0 Å². The van der Waals surface area contributed by atoms with E-state index in [2.05, 4.69) is 20.5 Å². The second kappa shape index (κ2) is 6.36. The number of hydrogen-bond donors (Lipinski definition) is 2. The first kappa shape index (κ1) is 14.3. The molecule has 0 spiro atoms. The fourth-order valence-corrected chi connectivity index (χ4v) is 2.34. The standard InChI is InChI=1S/C14H20N4O2/c1-15-13(19)11-8-10(18-6-4-3-5-7-18)9-12(17-11)14(20)16-2/h8-9H,3-7H2,1-2H3,(H,15,19)(H,16,20). The summed E-state index contributed by atoms with van der Waals surface area (Å²) in [5, 5.41) is 5.09. The Labute approximate surface area is 118 Å². The molecule has 0 aromatic carbocycles. The normalized spacial score (nSPS) is 14.8. The third-order valence-corrected chi connectivity index (χ3v) is 3.45. The summed E-state index contributed by atoms with van der Waals surface area (Å²) in [6.45, 7) is 1.90. The van der Waals surface area contributed by atoms with E-state index in [-0.39, 0.29) is 23.2 Å². The average molecular weight is 276 g/mol. The Morgan fingerprint density at radius 1 is 1.00 bits per heavy atom. The number of rotatable bonds is 3. The predicted octanol–water partition coefficient (Wildman–Crippen LogP) is 0.791. The number of nitrogens with zero attached hydrogens (tertiary/aromatic N) is 2. The monoisotopic (exact) mass is 276 g/mol. The van der Waals surface area contributed by atoms with Crippen LogP contribution in [0.4, 0.5) is 5.69 Å². The number of hydrogen-bond acceptors (Lipinski definition) is 4. The highest BCUT2D eigenvalue weighted by Gasteiger charge is 2.17. The third kappa shape index (κ3) is 3.07. The zero-order valence-electron chi connectivity index (χ0n) is 11.9. The minimum absolute atomic E-state index is 0.272. The van der Waals surface area contributed by atoms with E-state index in [9.17, 15) is 9.59 Å². The largest absolute Gasteiger partial charge is 0.371 e. The van der Waals surface area contributed by atoms with Crippen molar-refractivity contribution in [3.8, 4) is 0 Å². The van der Waals surface area contributed by atoms with Crippen LogP contribution in [0.2, 0.25) is 0 Å². The molecule has 2 heterocycles. The SMILES string of the molecule is CNC(=O)c1cc(N2CCCCC2)cc(C(=O)NC)n1. The minimum Gasteiger partial charge on any atom is -0.371 e. The Morgan fingerprint density at radius 2 is 1.50 bits per heavy atom. The lowest BCUT2D eigenvalue weighted by atomic mass is 10.1. The molecular formula is C14H20N4O2. The predicted molar refractivity (Wildman–Crippen MR) is 77.1 cm³/mol. The second-order valence-electron chi connectivity index (χ2n) is 4.80. The Hall–Kier alpha value is -2.11. The van der Waals surface area contributed by atoms with E-state index in [0.717, 1.165) is 31.6 Å². The highest BCUT2D eigenvalue weighted by molar-refractivity contribution is 5.97. The fraction of sp³-hybridized carbons (Fsp3) is 0.500. The Kier molecular flexibility index (Phi) is 4.55. The molecule has 1 fully saturated rings. The molecule has 6 nitrogen and oxygen atoms in total. The van der Waals surface area contributed by atoms with Crippen LogP contribution < -0.4 is 15.5 Å². The molecule has 1 aliphatic heterocycles. The highest BCUT2D eigenvalue weighted by atomic mass is 16.2. The maximum Gasteiger partial charge on any atom is 0.269 e. The second-order valence-corrected chi connectivity index (χ2v) is 4.80. The van der Waals surface area contributed by atoms with Gasteiger partial charge in [-0.3, -0.25) is 9.59 Å². The van der Waals surface area contributed by atoms with Gasteiger partial charge in [0, 0.05) is 32.9 Å². The number of amides is 2. The van der Waals surface area contributed by atoms with Gasteiger partial charge in [0.2, 0.25) is 0 Å². The molecule has 0 radical (unpaired) electrons. The quantitative estimate of drug-likeness (QED) is 0.856. The van der Waals surface area contributed by atoms with E-state index in [0.29, 0.717) is 0 Å². The molecule has 1 aromatic heterocycles. The summed E-state index contributed by atoms with van der Waals surface area (Å²) in [6.07, 6.45) is 3.49. The van der Waals surface area contributed by atoms with Gasteiger partial charge >= 0.3 is 0 Å². The van der Waals surface area contributed by atoms with Gasteiger partial charge in [0.15, 0.2) is 0 Å². The van der Waals surface area contributed by atoms with Gasteiger partial charge in [0.25, 0.3) is 11.8 Å². The Bertz CT molecular complexity index is 476. The fourth-order valence-electron chi connectivity index (χ4n) is 2.34. The van der Waals surface area contributed by atoms with E-state index in [4.69, 9.17) is 0 Å². The van der Waals surface area contributed by atoms with Crippen LogP contribution in [0.25, 0.3) is 0 Å². The zero-order chi connectivity index (χ0) is 14.5. The lowest BCUT2D eigenvalue weighted by Gasteiger charge is -2.29. The molecule has 2 amide bonds. The summed E-state index contributed by atoms with van der Waals surface area (Å²) >= 11 is 0. The number of pyridine rings is 1. The van der Waals surface area contributed by atoms with E-state index < -0.39 is 0 Å². The van der Waals surface area contributed by atoms with Gasteiger partial charge in [-0.1, -0.05) is 0 Å². The molecule has 6 heteroatoms. The number of carbonyl (C=O) groups excluding carboxylic acids is 2. The first-order valence-corrected chi connectivity index (χ1v) is 6.87. The molecule has 0 bridgehead atoms. The van der Waals surface area contributed by atoms with Crippen LogP contribution in [0.5, 0.6) is 0 Å². The number of carbonyl (C=O) groups is 2. The number of nitrogens with one attached hydrogen (secondary N) is 2. The van der Waals surface area contributed by atoms with Gasteiger partial charge in [-0.15, -0.1) is 0 Å². The maximum absolute atomic E-state index is 11.8. The molecule has 1 aliphatic rings. The van der Waals surface area contributed by atoms with Crippen molar-refractivity contribution >= 4 is 17.5 Å². The van der Waals surface area contributed by atoms with Crippen LogP contribution in [0, 0.1) is 0 Å². The molecule has 0 unspecified atom stereocenters. The van der Waals surface area contributed by atoms with Crippen molar-refractivity contribution in [2.24, 2.45) is 0 Å². The lowest BCUT2D eigenvalue weighted by Crippen LogP contribution is -2.31. The number of aromatic nitrogens is 1. The van der Waals surface area contributed by atoms with Crippen molar-refractivity contribution < 1.29 is 9.59 Å². The minimum atomic E-state index is -0.283. The van der Waals surface area contributed by atoms with Crippen LogP contribution in [-0.2, 0) is 0 Å². The van der Waals surface area contributed by atoms with Gasteiger partial charge in [-0.05, 0) is 31.4 Å². The Morgan fingerprint density at radius 3 is 1.95 bits per heavy atom. The lowest BCUT2D eigenvalue weighted by molar-refractivity contribution is 0.0954. The first-order valence-electron chi connectivity index (χ1n) is 6.87. The zero-order valence-corrected chi connectivity index (χ0v) is 11.9. The molecule has 2 rings (SSSR count). The molecule has 0 aliphatic carbocycles. The van der Waals surface area contributed by atoms with Gasteiger partial charge < -0.3 is 15.5 Å². The summed E-state index contributed by atoms with van der Waals surface area (Å²) in [5.74, 6) is -0.567. The molecule has 0 atom stereocenters. The molecular weight excluding hydrogens is 256 g/mol. The van der Waals surface area contributed by atoms with Crippen molar-refractivity contribution in [2.75, 3.05) is 32.1 Å². The van der Waals surface area contributed by atoms with E-state index >= 15 is 0 Å². The molecule has 0 saturated carbocycles. The van der Waals surface area contributed by atoms with Crippen molar-refractivity contribution in [1.82, 2.24) is 15.6 Å². The summed E-state index contributed by atoms with van der Waals surface area (Å²) in [6, 6.07) is 3.49. The van der Waals surface area contributed by atoms with Crippen molar-refractivity contribution in [3.05, 3.63) is 23.5 Å². The summed E-state index contributed by atoms with van der Waals surface area (Å²) in [7, 11) is 3.11. The molecule has 1 aromatic rings. The van der Waals surface area contributed by atoms with Crippen molar-refractivity contribution in [1.29, 1.82) is 0 Å². The maximum atomic E-state index is 11.8. The van der Waals surface area contributed by atoms with Crippen molar-refractivity contribution in [3.63, 3.8) is 0 Å². The van der Waals surface area contributed by atoms with Gasteiger partial charge in [0.05, 0.1) is 0 Å². The number of anilines is 1. The molecule has 108 valence electrons. The van der Waals surface area contributed by atoms with Crippen LogP contribution >= 0.6 is 0 Å². The summed E-state index contributed by atoms with van der Waals surface area (Å²) in [4.78, 5) is 29.9. The highest BCUT2D eigenvalue weighted by Crippen LogP contribution is 2.21. The van der Waals surface area contributed by atoms with Crippen molar-refractivity contribution in [2.45, 2.75) is 19.3 Å². The van der Waals surface area contributed by atoms with E-state index in [1.165, 1.54) is 6.42 Å². The topological polar surface area (TPSA) is 74.3 Å². The first-order chi connectivity index (χ1) is 9.65. The smallest absolute Gasteiger partial charge is 0.269 e. The average Bonchev–Trinajstić information content (AvgIpc) is 2.53. The molecule has 20 heavy (non-hydrogen) atoms. The van der Waals surface area contributed by atoms with Crippen LogP contribution in [0.15, 0.2) is 12.1 Å². The van der Waals surface area contributed by atoms with E-state index in [1.54, 1.807) is 26.2 Å². The number of piperidine rings is 1. The molecule has 1 saturated heterocycles. The van der Waals surface area contributed by atoms with E-state index in [1.807, 2.05) is 0 Å². The van der Waals surface area contributed by atoms with Crippen LogP contribution in [0.3, 0.4) is 0 Å².